The molecule has 0 aliphatic carbocycles. The Morgan fingerprint density at radius 3 is 3.00 bits per heavy atom. The molecule has 1 N–H and O–H groups in total. The van der Waals surface area contributed by atoms with Gasteiger partial charge in [-0.25, -0.2) is 0 Å². The van der Waals surface area contributed by atoms with Crippen molar-refractivity contribution < 1.29 is 4.74 Å². The largest absolute Gasteiger partial charge is 0.376 e. The van der Waals surface area contributed by atoms with Crippen LogP contribution in [0.1, 0.15) is 24.9 Å². The van der Waals surface area contributed by atoms with Crippen LogP contribution in [0.3, 0.4) is 0 Å². The summed E-state index contributed by atoms with van der Waals surface area (Å²) in [4.78, 5) is 3.31. The topological polar surface area (TPSA) is 29.9 Å². The lowest BCUT2D eigenvalue weighted by Gasteiger charge is -2.16. The van der Waals surface area contributed by atoms with E-state index in [4.69, 9.17) is 17.0 Å². The van der Waals surface area contributed by atoms with E-state index < -0.39 is 0 Å². The van der Waals surface area contributed by atoms with E-state index in [-0.39, 0.29) is 6.10 Å². The van der Waals surface area contributed by atoms with Crippen molar-refractivity contribution in [2.45, 2.75) is 32.4 Å². The smallest absolute Gasteiger partial charge is 0.178 e. The van der Waals surface area contributed by atoms with Crippen LogP contribution in [0.4, 0.5) is 0 Å². The number of hydrogen-bond donors (Lipinski definition) is 1. The van der Waals surface area contributed by atoms with E-state index >= 15 is 0 Å². The lowest BCUT2D eigenvalue weighted by molar-refractivity contribution is 0.108. The molecule has 1 saturated heterocycles. The molecule has 0 saturated carbocycles. The molecule has 4 heteroatoms. The summed E-state index contributed by atoms with van der Waals surface area (Å²) < 4.78 is 8.66. The molecule has 0 amide bonds. The van der Waals surface area contributed by atoms with Crippen molar-refractivity contribution >= 4 is 23.3 Å². The second-order valence-electron chi connectivity index (χ2n) is 4.70. The highest BCUT2D eigenvalue weighted by Crippen LogP contribution is 2.30. The zero-order valence-corrected chi connectivity index (χ0v) is 10.9. The minimum absolute atomic E-state index is 0.237. The van der Waals surface area contributed by atoms with Gasteiger partial charge in [0.25, 0.3) is 0 Å². The summed E-state index contributed by atoms with van der Waals surface area (Å²) in [6, 6.07) is 6.67. The number of nitrogens with one attached hydrogen (secondary N) is 1. The number of fused-ring (bicyclic) bond motifs is 1. The zero-order valence-electron chi connectivity index (χ0n) is 10.1. The van der Waals surface area contributed by atoms with Gasteiger partial charge in [0.1, 0.15) is 0 Å². The van der Waals surface area contributed by atoms with E-state index in [2.05, 4.69) is 41.6 Å². The first-order valence-corrected chi connectivity index (χ1v) is 6.41. The minimum Gasteiger partial charge on any atom is -0.376 e. The monoisotopic (exact) mass is 248 g/mol. The highest BCUT2D eigenvalue weighted by atomic mass is 32.1. The number of ether oxygens (including phenoxy) is 1. The van der Waals surface area contributed by atoms with Crippen LogP contribution >= 0.6 is 12.2 Å². The molecule has 1 aromatic heterocycles. The molecule has 0 spiro atoms. The number of H-pyrrole nitrogens is 1. The van der Waals surface area contributed by atoms with Crippen molar-refractivity contribution in [3.8, 4) is 0 Å². The molecule has 90 valence electrons. The van der Waals surface area contributed by atoms with Crippen molar-refractivity contribution in [3.05, 3.63) is 28.5 Å². The SMILES string of the molecule is Cc1cccc2c1[nH]c(=S)n2C1CCOC1C. The molecule has 0 bridgehead atoms. The van der Waals surface area contributed by atoms with Crippen molar-refractivity contribution in [2.75, 3.05) is 6.61 Å². The standard InChI is InChI=1S/C13H16N2OS/c1-8-4-3-5-11-12(8)14-13(17)15(11)10-6-7-16-9(10)2/h3-5,9-10H,6-7H2,1-2H3,(H,14,17). The fourth-order valence-electron chi connectivity index (χ4n) is 2.68. The summed E-state index contributed by atoms with van der Waals surface area (Å²) in [6.45, 7) is 5.05. The van der Waals surface area contributed by atoms with Crippen molar-refractivity contribution in [3.63, 3.8) is 0 Å². The molecule has 2 unspecified atom stereocenters. The number of para-hydroxylation sites is 1. The first kappa shape index (κ1) is 11.0. The number of rotatable bonds is 1. The van der Waals surface area contributed by atoms with Crippen molar-refractivity contribution in [2.24, 2.45) is 0 Å². The molecular formula is C13H16N2OS. The van der Waals surface area contributed by atoms with E-state index in [0.717, 1.165) is 23.3 Å². The van der Waals surface area contributed by atoms with Crippen LogP contribution in [0.25, 0.3) is 11.0 Å². The number of aromatic amines is 1. The van der Waals surface area contributed by atoms with Gasteiger partial charge in [0, 0.05) is 6.61 Å². The quantitative estimate of drug-likeness (QED) is 0.784. The minimum atomic E-state index is 0.237. The van der Waals surface area contributed by atoms with E-state index in [1.807, 2.05) is 0 Å². The van der Waals surface area contributed by atoms with Gasteiger partial charge in [0.05, 0.1) is 23.2 Å². The molecule has 1 aliphatic heterocycles. The van der Waals surface area contributed by atoms with Crippen LogP contribution < -0.4 is 0 Å². The summed E-state index contributed by atoms with van der Waals surface area (Å²) in [5.74, 6) is 0. The second kappa shape index (κ2) is 3.96. The molecule has 2 heterocycles. The fraction of sp³-hybridized carbons (Fsp3) is 0.462. The lowest BCUT2D eigenvalue weighted by atomic mass is 10.1. The predicted molar refractivity (Wildman–Crippen MR) is 70.9 cm³/mol. The average molecular weight is 248 g/mol. The van der Waals surface area contributed by atoms with E-state index in [9.17, 15) is 0 Å². The zero-order chi connectivity index (χ0) is 12.0. The third kappa shape index (κ3) is 1.63. The van der Waals surface area contributed by atoms with Crippen LogP contribution in [0.5, 0.6) is 0 Å². The molecule has 0 radical (unpaired) electrons. The van der Waals surface area contributed by atoms with Gasteiger partial charge in [-0.3, -0.25) is 0 Å². The fourth-order valence-corrected chi connectivity index (χ4v) is 3.02. The summed E-state index contributed by atoms with van der Waals surface area (Å²) in [6.07, 6.45) is 1.28. The molecule has 1 aliphatic rings. The summed E-state index contributed by atoms with van der Waals surface area (Å²) in [5.41, 5.74) is 3.58. The molecule has 2 atom stereocenters. The first-order valence-electron chi connectivity index (χ1n) is 6.00. The first-order chi connectivity index (χ1) is 8.18. The predicted octanol–water partition coefficient (Wildman–Crippen LogP) is 3.36. The summed E-state index contributed by atoms with van der Waals surface area (Å²) in [7, 11) is 0. The van der Waals surface area contributed by atoms with Gasteiger partial charge < -0.3 is 14.3 Å². The Kier molecular flexibility index (Phi) is 2.56. The van der Waals surface area contributed by atoms with Gasteiger partial charge in [-0.2, -0.15) is 0 Å². The maximum Gasteiger partial charge on any atom is 0.178 e. The third-order valence-corrected chi connectivity index (χ3v) is 3.93. The van der Waals surface area contributed by atoms with Gasteiger partial charge in [-0.05, 0) is 44.1 Å². The maximum absolute atomic E-state index is 5.64. The number of nitrogens with zero attached hydrogens (tertiary/aromatic N) is 1. The Bertz CT molecular complexity index is 613. The van der Waals surface area contributed by atoms with Crippen molar-refractivity contribution in [1.29, 1.82) is 0 Å². The maximum atomic E-state index is 5.64. The van der Waals surface area contributed by atoms with E-state index in [0.29, 0.717) is 6.04 Å². The highest BCUT2D eigenvalue weighted by Gasteiger charge is 2.27. The van der Waals surface area contributed by atoms with Crippen LogP contribution in [0, 0.1) is 11.7 Å². The van der Waals surface area contributed by atoms with Crippen LogP contribution in [0.15, 0.2) is 18.2 Å². The Labute approximate surface area is 105 Å². The van der Waals surface area contributed by atoms with Crippen LogP contribution in [-0.4, -0.2) is 22.3 Å². The number of imidazole rings is 1. The van der Waals surface area contributed by atoms with Gasteiger partial charge in [-0.1, -0.05) is 12.1 Å². The Balaban J connectivity index is 2.25. The van der Waals surface area contributed by atoms with Crippen molar-refractivity contribution in [1.82, 2.24) is 9.55 Å². The lowest BCUT2D eigenvalue weighted by Crippen LogP contribution is -2.16. The summed E-state index contributed by atoms with van der Waals surface area (Å²) >= 11 is 5.45. The van der Waals surface area contributed by atoms with Gasteiger partial charge in [0.2, 0.25) is 0 Å². The number of benzene rings is 1. The Hall–Kier alpha value is -1.13. The number of aryl methyl sites for hydroxylation is 1. The molecule has 1 aromatic carbocycles. The van der Waals surface area contributed by atoms with Gasteiger partial charge in [-0.15, -0.1) is 0 Å². The molecule has 1 fully saturated rings. The van der Waals surface area contributed by atoms with Gasteiger partial charge >= 0.3 is 0 Å². The molecule has 3 nitrogen and oxygen atoms in total. The molecule has 17 heavy (non-hydrogen) atoms. The van der Waals surface area contributed by atoms with Crippen LogP contribution in [-0.2, 0) is 4.74 Å². The highest BCUT2D eigenvalue weighted by molar-refractivity contribution is 7.71. The Morgan fingerprint density at radius 2 is 2.29 bits per heavy atom. The molecule has 2 aromatic rings. The number of hydrogen-bond acceptors (Lipinski definition) is 2. The molecule has 3 rings (SSSR count). The molecular weight excluding hydrogens is 232 g/mol. The summed E-state index contributed by atoms with van der Waals surface area (Å²) in [5, 5.41) is 0. The van der Waals surface area contributed by atoms with Crippen LogP contribution in [0.2, 0.25) is 0 Å². The third-order valence-electron chi connectivity index (χ3n) is 3.63. The van der Waals surface area contributed by atoms with Gasteiger partial charge in [0.15, 0.2) is 4.77 Å². The average Bonchev–Trinajstić information content (AvgIpc) is 2.83. The van der Waals surface area contributed by atoms with E-state index in [1.165, 1.54) is 11.1 Å². The number of aromatic nitrogens is 2. The normalized spacial score (nSPS) is 24.6. The Morgan fingerprint density at radius 1 is 1.47 bits per heavy atom. The van der Waals surface area contributed by atoms with E-state index in [1.54, 1.807) is 0 Å². The second-order valence-corrected chi connectivity index (χ2v) is 5.09.